The molecule has 8 nitrogen and oxygen atoms in total. The fourth-order valence-electron chi connectivity index (χ4n) is 6.14. The molecule has 3 aliphatic heterocycles. The summed E-state index contributed by atoms with van der Waals surface area (Å²) < 4.78 is 23.2. The van der Waals surface area contributed by atoms with Crippen LogP contribution in [0, 0.1) is 11.8 Å². The van der Waals surface area contributed by atoms with Crippen molar-refractivity contribution >= 4 is 5.91 Å². The van der Waals surface area contributed by atoms with Gasteiger partial charge in [0.05, 0.1) is 26.9 Å². The van der Waals surface area contributed by atoms with Gasteiger partial charge >= 0.3 is 0 Å². The number of nitrogens with one attached hydrogen (secondary N) is 1. The normalized spacial score (nSPS) is 24.8. The van der Waals surface area contributed by atoms with Gasteiger partial charge in [0.25, 0.3) is 5.91 Å². The van der Waals surface area contributed by atoms with Gasteiger partial charge in [-0.3, -0.25) is 4.79 Å². The van der Waals surface area contributed by atoms with Crippen molar-refractivity contribution in [2.24, 2.45) is 17.6 Å². The highest BCUT2D eigenvalue weighted by atomic mass is 16.5. The molecule has 4 atom stereocenters. The number of rotatable bonds is 8. The van der Waals surface area contributed by atoms with Crippen LogP contribution in [0.1, 0.15) is 28.8 Å². The van der Waals surface area contributed by atoms with E-state index in [0.29, 0.717) is 52.7 Å². The number of ether oxygens (including phenoxy) is 4. The third kappa shape index (κ3) is 3.65. The summed E-state index contributed by atoms with van der Waals surface area (Å²) in [7, 11) is 4.63. The Morgan fingerprint density at radius 2 is 1.59 bits per heavy atom. The molecule has 3 heterocycles. The molecule has 0 spiro atoms. The van der Waals surface area contributed by atoms with Crippen molar-refractivity contribution in [1.82, 2.24) is 10.2 Å². The molecule has 34 heavy (non-hydrogen) atoms. The van der Waals surface area contributed by atoms with Crippen molar-refractivity contribution in [3.8, 4) is 28.7 Å². The first-order chi connectivity index (χ1) is 16.6. The van der Waals surface area contributed by atoms with Gasteiger partial charge in [-0.25, -0.2) is 0 Å². The van der Waals surface area contributed by atoms with Gasteiger partial charge in [-0.15, -0.1) is 0 Å². The summed E-state index contributed by atoms with van der Waals surface area (Å²) in [4.78, 5) is 16.1. The Morgan fingerprint density at radius 1 is 0.971 bits per heavy atom. The molecule has 5 rings (SSSR count). The zero-order valence-electron chi connectivity index (χ0n) is 20.0. The molecule has 0 aliphatic carbocycles. The van der Waals surface area contributed by atoms with Gasteiger partial charge in [0, 0.05) is 31.2 Å². The highest BCUT2D eigenvalue weighted by Crippen LogP contribution is 2.51. The lowest BCUT2D eigenvalue weighted by molar-refractivity contribution is 0.0705. The van der Waals surface area contributed by atoms with E-state index in [1.165, 1.54) is 7.11 Å². The second-order valence-electron chi connectivity index (χ2n) is 9.22. The number of carbonyl (C=O) groups is 1. The number of fused-ring (bicyclic) bond motifs is 5. The number of nitrogens with zero attached hydrogens (tertiary/aromatic N) is 1. The van der Waals surface area contributed by atoms with Crippen molar-refractivity contribution < 1.29 is 23.7 Å². The molecule has 3 N–H and O–H groups in total. The molecule has 3 fully saturated rings. The Bertz CT molecular complexity index is 1040. The Balaban J connectivity index is 1.52. The number of hydrogen-bond acceptors (Lipinski definition) is 7. The standard InChI is InChI=1S/C26H33N3O5/c1-31-23-17(26(30)29-20-8-9-21(29)19-14-28-13-18(19)20)12-22(24(32-2)25(23)33-3)34-16-6-4-15(5-7-16)10-11-27/h4-7,12,18-21,28H,8-11,13-14,27H2,1-3H3/t18-,19+,20-,21+. The van der Waals surface area contributed by atoms with Gasteiger partial charge in [0.2, 0.25) is 11.5 Å². The first-order valence-corrected chi connectivity index (χ1v) is 11.9. The topological polar surface area (TPSA) is 95.3 Å². The summed E-state index contributed by atoms with van der Waals surface area (Å²) in [6.07, 6.45) is 2.90. The number of carbonyl (C=O) groups excluding carboxylic acids is 1. The van der Waals surface area contributed by atoms with Crippen LogP contribution in [0.4, 0.5) is 0 Å². The lowest BCUT2D eigenvalue weighted by Crippen LogP contribution is -2.39. The predicted molar refractivity (Wildman–Crippen MR) is 128 cm³/mol. The highest BCUT2D eigenvalue weighted by molar-refractivity contribution is 6.00. The predicted octanol–water partition coefficient (Wildman–Crippen LogP) is 2.83. The number of amides is 1. The second-order valence-corrected chi connectivity index (χ2v) is 9.22. The smallest absolute Gasteiger partial charge is 0.258 e. The van der Waals surface area contributed by atoms with Crippen LogP contribution in [0.2, 0.25) is 0 Å². The van der Waals surface area contributed by atoms with Gasteiger partial charge in [-0.05, 0) is 55.3 Å². The molecule has 1 amide bonds. The Labute approximate surface area is 200 Å². The van der Waals surface area contributed by atoms with E-state index in [-0.39, 0.29) is 18.0 Å². The minimum atomic E-state index is -0.0390. The van der Waals surface area contributed by atoms with Crippen molar-refractivity contribution in [2.45, 2.75) is 31.3 Å². The number of hydrogen-bond donors (Lipinski definition) is 2. The Kier molecular flexibility index (Phi) is 6.27. The summed E-state index contributed by atoms with van der Waals surface area (Å²) in [5, 5.41) is 3.50. The molecule has 0 radical (unpaired) electrons. The maximum Gasteiger partial charge on any atom is 0.258 e. The third-order valence-electron chi connectivity index (χ3n) is 7.59. The molecule has 2 bridgehead atoms. The van der Waals surface area contributed by atoms with E-state index in [1.54, 1.807) is 20.3 Å². The van der Waals surface area contributed by atoms with Crippen LogP contribution in [0.25, 0.3) is 0 Å². The van der Waals surface area contributed by atoms with Gasteiger partial charge in [0.15, 0.2) is 11.5 Å². The lowest BCUT2D eigenvalue weighted by atomic mass is 9.82. The van der Waals surface area contributed by atoms with E-state index in [2.05, 4.69) is 10.2 Å². The molecule has 3 saturated heterocycles. The van der Waals surface area contributed by atoms with E-state index in [1.807, 2.05) is 24.3 Å². The first-order valence-electron chi connectivity index (χ1n) is 11.9. The van der Waals surface area contributed by atoms with E-state index < -0.39 is 0 Å². The molecular formula is C26H33N3O5. The van der Waals surface area contributed by atoms with Crippen LogP contribution >= 0.6 is 0 Å². The SMILES string of the molecule is COc1c(Oc2ccc(CCN)cc2)cc(C(=O)N2[C@@H]3CC[C@H]2[C@H]2CNC[C@H]23)c(OC)c1OC. The summed E-state index contributed by atoms with van der Waals surface area (Å²) in [6.45, 7) is 2.55. The van der Waals surface area contributed by atoms with Crippen LogP contribution in [0.3, 0.4) is 0 Å². The van der Waals surface area contributed by atoms with E-state index in [9.17, 15) is 4.79 Å². The van der Waals surface area contributed by atoms with E-state index >= 15 is 0 Å². The van der Waals surface area contributed by atoms with Crippen LogP contribution in [-0.4, -0.2) is 63.9 Å². The van der Waals surface area contributed by atoms with Crippen LogP contribution in [0.5, 0.6) is 28.7 Å². The lowest BCUT2D eigenvalue weighted by Gasteiger charge is -2.27. The van der Waals surface area contributed by atoms with Crippen molar-refractivity contribution in [1.29, 1.82) is 0 Å². The Hall–Kier alpha value is -2.97. The molecule has 8 heteroatoms. The van der Waals surface area contributed by atoms with Gasteiger partial charge in [0.1, 0.15) is 5.75 Å². The minimum Gasteiger partial charge on any atom is -0.492 e. The van der Waals surface area contributed by atoms with Gasteiger partial charge in [-0.2, -0.15) is 0 Å². The molecule has 182 valence electrons. The quantitative estimate of drug-likeness (QED) is 0.616. The molecule has 2 aromatic rings. The van der Waals surface area contributed by atoms with Crippen LogP contribution in [0.15, 0.2) is 30.3 Å². The molecule has 0 saturated carbocycles. The average molecular weight is 468 g/mol. The number of benzene rings is 2. The largest absolute Gasteiger partial charge is 0.492 e. The molecular weight excluding hydrogens is 434 g/mol. The van der Waals surface area contributed by atoms with Crippen molar-refractivity contribution in [3.05, 3.63) is 41.5 Å². The minimum absolute atomic E-state index is 0.0390. The molecule has 0 unspecified atom stereocenters. The number of methoxy groups -OCH3 is 3. The van der Waals surface area contributed by atoms with Gasteiger partial charge in [-0.1, -0.05) is 12.1 Å². The average Bonchev–Trinajstić information content (AvgIpc) is 3.57. The maximum atomic E-state index is 14.0. The molecule has 2 aromatic carbocycles. The fraction of sp³-hybridized carbons (Fsp3) is 0.500. The molecule has 3 aliphatic rings. The first kappa shape index (κ1) is 22.8. The maximum absolute atomic E-state index is 14.0. The zero-order chi connectivity index (χ0) is 23.8. The van der Waals surface area contributed by atoms with Crippen molar-refractivity contribution in [3.63, 3.8) is 0 Å². The summed E-state index contributed by atoms with van der Waals surface area (Å²) >= 11 is 0. The summed E-state index contributed by atoms with van der Waals surface area (Å²) in [5.74, 6) is 3.14. The van der Waals surface area contributed by atoms with Crippen molar-refractivity contribution in [2.75, 3.05) is 41.0 Å². The third-order valence-corrected chi connectivity index (χ3v) is 7.59. The summed E-state index contributed by atoms with van der Waals surface area (Å²) in [5.41, 5.74) is 7.22. The van der Waals surface area contributed by atoms with Crippen LogP contribution < -0.4 is 30.0 Å². The van der Waals surface area contributed by atoms with E-state index in [0.717, 1.165) is 37.9 Å². The monoisotopic (exact) mass is 467 g/mol. The van der Waals surface area contributed by atoms with Gasteiger partial charge < -0.3 is 34.9 Å². The number of nitrogens with two attached hydrogens (primary N) is 1. The fourth-order valence-corrected chi connectivity index (χ4v) is 6.14. The Morgan fingerprint density at radius 3 is 2.15 bits per heavy atom. The molecule has 0 aromatic heterocycles. The summed E-state index contributed by atoms with van der Waals surface area (Å²) in [6, 6.07) is 9.98. The van der Waals surface area contributed by atoms with E-state index in [4.69, 9.17) is 24.7 Å². The zero-order valence-corrected chi connectivity index (χ0v) is 20.0. The highest BCUT2D eigenvalue weighted by Gasteiger charge is 2.56. The second kappa shape index (κ2) is 9.35. The van der Waals surface area contributed by atoms with Crippen LogP contribution in [-0.2, 0) is 6.42 Å².